The zero-order valence-corrected chi connectivity index (χ0v) is 15.8. The van der Waals surface area contributed by atoms with Gasteiger partial charge in [0, 0.05) is 13.1 Å². The third kappa shape index (κ3) is 6.22. The van der Waals surface area contributed by atoms with Crippen molar-refractivity contribution in [3.05, 3.63) is 24.3 Å². The SMILES string of the molecule is CC(C)C[C@H](NC(=O)Nc1ccccc1OC1CCN(C)CC1)C(N)=O. The van der Waals surface area contributed by atoms with Gasteiger partial charge in [0.1, 0.15) is 17.9 Å². The van der Waals surface area contributed by atoms with Crippen LogP contribution in [-0.4, -0.2) is 49.1 Å². The predicted octanol–water partition coefficient (Wildman–Crippen LogP) is 2.18. The summed E-state index contributed by atoms with van der Waals surface area (Å²) in [5, 5.41) is 5.42. The fraction of sp³-hybridized carbons (Fsp3) is 0.579. The molecule has 0 unspecified atom stereocenters. The minimum Gasteiger partial charge on any atom is -0.488 e. The Kier molecular flexibility index (Phi) is 7.26. The maximum Gasteiger partial charge on any atom is 0.319 e. The number of amides is 3. The van der Waals surface area contributed by atoms with Gasteiger partial charge < -0.3 is 26.0 Å². The monoisotopic (exact) mass is 362 g/mol. The molecule has 1 heterocycles. The molecule has 0 radical (unpaired) electrons. The summed E-state index contributed by atoms with van der Waals surface area (Å²) in [6.45, 7) is 5.94. The Labute approximate surface area is 155 Å². The van der Waals surface area contributed by atoms with E-state index in [-0.39, 0.29) is 12.0 Å². The van der Waals surface area contributed by atoms with Crippen LogP contribution in [0, 0.1) is 5.92 Å². The van der Waals surface area contributed by atoms with Crippen molar-refractivity contribution in [2.75, 3.05) is 25.5 Å². The van der Waals surface area contributed by atoms with Crippen molar-refractivity contribution >= 4 is 17.6 Å². The summed E-state index contributed by atoms with van der Waals surface area (Å²) < 4.78 is 6.09. The maximum atomic E-state index is 12.3. The third-order valence-corrected chi connectivity index (χ3v) is 4.45. The van der Waals surface area contributed by atoms with E-state index in [0.29, 0.717) is 17.9 Å². The number of carbonyl (C=O) groups excluding carboxylic acids is 2. The van der Waals surface area contributed by atoms with Gasteiger partial charge in [-0.25, -0.2) is 4.79 Å². The molecule has 3 amide bonds. The van der Waals surface area contributed by atoms with Crippen LogP contribution in [0.3, 0.4) is 0 Å². The molecule has 1 fully saturated rings. The van der Waals surface area contributed by atoms with E-state index in [4.69, 9.17) is 10.5 Å². The van der Waals surface area contributed by atoms with Gasteiger partial charge in [0.2, 0.25) is 5.91 Å². The molecule has 1 atom stereocenters. The number of carbonyl (C=O) groups is 2. The molecule has 1 aliphatic heterocycles. The lowest BCUT2D eigenvalue weighted by Crippen LogP contribution is -2.46. The van der Waals surface area contributed by atoms with Gasteiger partial charge in [0.05, 0.1) is 5.69 Å². The highest BCUT2D eigenvalue weighted by Crippen LogP contribution is 2.27. The minimum atomic E-state index is -0.697. The molecule has 26 heavy (non-hydrogen) atoms. The van der Waals surface area contributed by atoms with Crippen LogP contribution in [0.2, 0.25) is 0 Å². The number of hydrogen-bond donors (Lipinski definition) is 3. The molecule has 144 valence electrons. The van der Waals surface area contributed by atoms with Crippen LogP contribution in [0.15, 0.2) is 24.3 Å². The normalized spacial score (nSPS) is 16.9. The van der Waals surface area contributed by atoms with E-state index in [1.54, 1.807) is 6.07 Å². The Hall–Kier alpha value is -2.28. The number of piperidine rings is 1. The molecule has 1 aromatic carbocycles. The van der Waals surface area contributed by atoms with E-state index in [9.17, 15) is 9.59 Å². The van der Waals surface area contributed by atoms with Gasteiger partial charge in [-0.05, 0) is 44.4 Å². The summed E-state index contributed by atoms with van der Waals surface area (Å²) in [4.78, 5) is 26.1. The van der Waals surface area contributed by atoms with Crippen LogP contribution in [0.4, 0.5) is 10.5 Å². The summed E-state index contributed by atoms with van der Waals surface area (Å²) in [5.41, 5.74) is 5.96. The molecule has 0 aromatic heterocycles. The lowest BCUT2D eigenvalue weighted by Gasteiger charge is -2.30. The second kappa shape index (κ2) is 9.43. The Morgan fingerprint density at radius 1 is 1.27 bits per heavy atom. The standard InChI is InChI=1S/C19H30N4O3/c1-13(2)12-16(18(20)24)22-19(25)21-15-6-4-5-7-17(15)26-14-8-10-23(3)11-9-14/h4-7,13-14,16H,8-12H2,1-3H3,(H2,20,24)(H2,21,22,25)/t16-/m0/s1. The van der Waals surface area contributed by atoms with Gasteiger partial charge in [-0.3, -0.25) is 4.79 Å². The van der Waals surface area contributed by atoms with E-state index in [1.165, 1.54) is 0 Å². The van der Waals surface area contributed by atoms with E-state index in [0.717, 1.165) is 25.9 Å². The highest BCUT2D eigenvalue weighted by Gasteiger charge is 2.21. The summed E-state index contributed by atoms with van der Waals surface area (Å²) in [6.07, 6.45) is 2.54. The van der Waals surface area contributed by atoms with Crippen LogP contribution in [-0.2, 0) is 4.79 Å². The first-order valence-corrected chi connectivity index (χ1v) is 9.16. The van der Waals surface area contributed by atoms with Crippen molar-refractivity contribution in [2.45, 2.75) is 45.3 Å². The number of para-hydroxylation sites is 2. The maximum absolute atomic E-state index is 12.3. The molecule has 1 saturated heterocycles. The summed E-state index contributed by atoms with van der Waals surface area (Å²) in [6, 6.07) is 6.17. The Balaban J connectivity index is 1.98. The van der Waals surface area contributed by atoms with Crippen LogP contribution in [0.25, 0.3) is 0 Å². The average Bonchev–Trinajstić information content (AvgIpc) is 2.57. The molecular formula is C19H30N4O3. The van der Waals surface area contributed by atoms with Gasteiger partial charge in [0.25, 0.3) is 0 Å². The number of benzene rings is 1. The van der Waals surface area contributed by atoms with Crippen LogP contribution in [0.1, 0.15) is 33.1 Å². The van der Waals surface area contributed by atoms with Gasteiger partial charge in [-0.15, -0.1) is 0 Å². The number of nitrogens with zero attached hydrogens (tertiary/aromatic N) is 1. The van der Waals surface area contributed by atoms with Crippen molar-refractivity contribution in [3.63, 3.8) is 0 Å². The summed E-state index contributed by atoms with van der Waals surface area (Å²) >= 11 is 0. The van der Waals surface area contributed by atoms with E-state index in [2.05, 4.69) is 22.6 Å². The van der Waals surface area contributed by atoms with Crippen LogP contribution >= 0.6 is 0 Å². The Bertz CT molecular complexity index is 613. The molecular weight excluding hydrogens is 332 g/mol. The molecule has 2 rings (SSSR count). The molecule has 7 heteroatoms. The Morgan fingerprint density at radius 2 is 1.92 bits per heavy atom. The van der Waals surface area contributed by atoms with Crippen molar-refractivity contribution in [1.29, 1.82) is 0 Å². The highest BCUT2D eigenvalue weighted by molar-refractivity contribution is 5.94. The average molecular weight is 362 g/mol. The molecule has 1 aromatic rings. The Morgan fingerprint density at radius 3 is 2.54 bits per heavy atom. The zero-order chi connectivity index (χ0) is 19.1. The number of likely N-dealkylation sites (tertiary alicyclic amines) is 1. The fourth-order valence-corrected chi connectivity index (χ4v) is 2.99. The van der Waals surface area contributed by atoms with Gasteiger partial charge in [-0.1, -0.05) is 26.0 Å². The number of hydrogen-bond acceptors (Lipinski definition) is 4. The van der Waals surface area contributed by atoms with Crippen molar-refractivity contribution in [2.24, 2.45) is 11.7 Å². The molecule has 4 N–H and O–H groups in total. The third-order valence-electron chi connectivity index (χ3n) is 4.45. The van der Waals surface area contributed by atoms with Gasteiger partial charge in [-0.2, -0.15) is 0 Å². The van der Waals surface area contributed by atoms with Crippen molar-refractivity contribution < 1.29 is 14.3 Å². The van der Waals surface area contributed by atoms with E-state index < -0.39 is 18.0 Å². The number of nitrogens with two attached hydrogens (primary N) is 1. The minimum absolute atomic E-state index is 0.136. The topological polar surface area (TPSA) is 96.7 Å². The first-order valence-electron chi connectivity index (χ1n) is 9.16. The number of urea groups is 1. The smallest absolute Gasteiger partial charge is 0.319 e. The molecule has 1 aliphatic rings. The molecule has 0 bridgehead atoms. The summed E-state index contributed by atoms with van der Waals surface area (Å²) in [7, 11) is 2.10. The van der Waals surface area contributed by atoms with Crippen LogP contribution in [0.5, 0.6) is 5.75 Å². The van der Waals surface area contributed by atoms with Crippen LogP contribution < -0.4 is 21.1 Å². The molecule has 0 saturated carbocycles. The molecule has 0 spiro atoms. The van der Waals surface area contributed by atoms with Gasteiger partial charge in [0.15, 0.2) is 0 Å². The predicted molar refractivity (Wildman–Crippen MR) is 102 cm³/mol. The summed E-state index contributed by atoms with van der Waals surface area (Å²) in [5.74, 6) is 0.342. The fourth-order valence-electron chi connectivity index (χ4n) is 2.99. The number of anilines is 1. The van der Waals surface area contributed by atoms with Gasteiger partial charge >= 0.3 is 6.03 Å². The lowest BCUT2D eigenvalue weighted by molar-refractivity contribution is -0.120. The zero-order valence-electron chi connectivity index (χ0n) is 15.8. The first-order chi connectivity index (χ1) is 12.3. The largest absolute Gasteiger partial charge is 0.488 e. The quantitative estimate of drug-likeness (QED) is 0.693. The van der Waals surface area contributed by atoms with Crippen molar-refractivity contribution in [1.82, 2.24) is 10.2 Å². The first kappa shape index (κ1) is 20.0. The number of primary amides is 1. The lowest BCUT2D eigenvalue weighted by atomic mass is 10.0. The highest BCUT2D eigenvalue weighted by atomic mass is 16.5. The van der Waals surface area contributed by atoms with E-state index in [1.807, 2.05) is 32.0 Å². The second-order valence-corrected chi connectivity index (χ2v) is 7.30. The number of ether oxygens (including phenoxy) is 1. The number of nitrogens with one attached hydrogen (secondary N) is 2. The number of rotatable bonds is 7. The van der Waals surface area contributed by atoms with Crippen molar-refractivity contribution in [3.8, 4) is 5.75 Å². The molecule has 7 nitrogen and oxygen atoms in total. The van der Waals surface area contributed by atoms with E-state index >= 15 is 0 Å². The second-order valence-electron chi connectivity index (χ2n) is 7.30. The molecule has 0 aliphatic carbocycles.